The Morgan fingerprint density at radius 2 is 1.56 bits per heavy atom. The van der Waals surface area contributed by atoms with Crippen molar-refractivity contribution in [2.45, 2.75) is 97.1 Å². The van der Waals surface area contributed by atoms with Gasteiger partial charge in [-0.15, -0.1) is 0 Å². The van der Waals surface area contributed by atoms with Gasteiger partial charge in [0.25, 0.3) is 0 Å². The quantitative estimate of drug-likeness (QED) is 0.316. The van der Waals surface area contributed by atoms with Crippen LogP contribution in [0.5, 0.6) is 0 Å². The van der Waals surface area contributed by atoms with Crippen LogP contribution in [0, 0.1) is 10.8 Å². The Labute approximate surface area is 230 Å². The molecule has 0 N–H and O–H groups in total. The first-order valence-corrected chi connectivity index (χ1v) is 13.7. The fraction of sp³-hybridized carbons (Fsp3) is 0.531. The molecule has 0 aromatic heterocycles. The minimum absolute atomic E-state index is 0.00173. The van der Waals surface area contributed by atoms with Gasteiger partial charge in [0.15, 0.2) is 6.23 Å². The molecule has 6 rings (SSSR count). The number of carbonyl (C=O) groups excluding carboxylic acids is 3. The van der Waals surface area contributed by atoms with Crippen LogP contribution in [0.3, 0.4) is 0 Å². The summed E-state index contributed by atoms with van der Waals surface area (Å²) in [5.41, 5.74) is 1.71. The minimum atomic E-state index is -0.681. The van der Waals surface area contributed by atoms with E-state index in [9.17, 15) is 14.4 Å². The van der Waals surface area contributed by atoms with Gasteiger partial charge in [-0.25, -0.2) is 14.4 Å². The minimum Gasteiger partial charge on any atom is -0.456 e. The highest BCUT2D eigenvalue weighted by molar-refractivity contribution is 5.89. The van der Waals surface area contributed by atoms with E-state index in [-0.39, 0.29) is 29.4 Å². The largest absolute Gasteiger partial charge is 0.456 e. The van der Waals surface area contributed by atoms with Gasteiger partial charge < -0.3 is 14.2 Å². The zero-order chi connectivity index (χ0) is 28.2. The highest BCUT2D eigenvalue weighted by Crippen LogP contribution is 2.75. The van der Waals surface area contributed by atoms with E-state index in [0.717, 1.165) is 24.8 Å². The van der Waals surface area contributed by atoms with Crippen molar-refractivity contribution < 1.29 is 28.6 Å². The molecule has 1 heterocycles. The molecule has 4 fully saturated rings. The van der Waals surface area contributed by atoms with Crippen LogP contribution in [0.2, 0.25) is 0 Å². The van der Waals surface area contributed by atoms with Crippen LogP contribution in [0.4, 0.5) is 4.79 Å². The van der Waals surface area contributed by atoms with Crippen molar-refractivity contribution in [3.8, 4) is 0 Å². The second-order valence-electron chi connectivity index (χ2n) is 13.7. The van der Waals surface area contributed by atoms with Crippen molar-refractivity contribution in [2.24, 2.45) is 10.8 Å². The monoisotopic (exact) mass is 533 g/mol. The van der Waals surface area contributed by atoms with Crippen molar-refractivity contribution in [1.29, 1.82) is 0 Å². The average Bonchev–Trinajstić information content (AvgIpc) is 3.15. The number of benzene rings is 2. The van der Waals surface area contributed by atoms with Crippen molar-refractivity contribution in [3.63, 3.8) is 0 Å². The highest BCUT2D eigenvalue weighted by Gasteiger charge is 2.69. The van der Waals surface area contributed by atoms with Crippen LogP contribution in [0.1, 0.15) is 88.7 Å². The summed E-state index contributed by atoms with van der Waals surface area (Å²) in [6.07, 6.45) is 2.21. The Bertz CT molecular complexity index is 1230. The third kappa shape index (κ3) is 5.28. The molecule has 3 aliphatic carbocycles. The molecule has 2 bridgehead atoms. The van der Waals surface area contributed by atoms with Crippen molar-refractivity contribution in [1.82, 2.24) is 4.90 Å². The lowest BCUT2D eigenvalue weighted by molar-refractivity contribution is -0.161. The van der Waals surface area contributed by atoms with Gasteiger partial charge in [0.2, 0.25) is 0 Å². The van der Waals surface area contributed by atoms with Gasteiger partial charge in [-0.3, -0.25) is 4.90 Å². The van der Waals surface area contributed by atoms with Gasteiger partial charge in [0.1, 0.15) is 18.2 Å². The number of esters is 2. The van der Waals surface area contributed by atoms with Gasteiger partial charge >= 0.3 is 18.0 Å². The lowest BCUT2D eigenvalue weighted by atomic mass is 9.32. The van der Waals surface area contributed by atoms with E-state index in [1.807, 2.05) is 96.1 Å². The summed E-state index contributed by atoms with van der Waals surface area (Å²) in [6, 6.07) is 16.6. The molecule has 0 radical (unpaired) electrons. The summed E-state index contributed by atoms with van der Waals surface area (Å²) in [6.45, 7) is 11.6. The van der Waals surface area contributed by atoms with E-state index in [0.29, 0.717) is 12.0 Å². The van der Waals surface area contributed by atoms with Crippen LogP contribution in [0.25, 0.3) is 0 Å². The van der Waals surface area contributed by atoms with Gasteiger partial charge in [0, 0.05) is 5.41 Å². The second kappa shape index (κ2) is 9.39. The van der Waals surface area contributed by atoms with Crippen LogP contribution in [-0.2, 0) is 31.0 Å². The summed E-state index contributed by atoms with van der Waals surface area (Å²) in [4.78, 5) is 40.3. The molecule has 3 saturated carbocycles. The molecule has 4 aliphatic rings. The van der Waals surface area contributed by atoms with Gasteiger partial charge in [-0.1, -0.05) is 63.2 Å². The number of cyclic esters (lactones) is 1. The molecule has 1 saturated heterocycles. The van der Waals surface area contributed by atoms with Gasteiger partial charge in [-0.2, -0.15) is 0 Å². The Hall–Kier alpha value is -3.35. The maximum atomic E-state index is 13.3. The molecule has 7 heteroatoms. The Balaban J connectivity index is 1.25. The molecule has 2 atom stereocenters. The Morgan fingerprint density at radius 3 is 2.13 bits per heavy atom. The van der Waals surface area contributed by atoms with Crippen molar-refractivity contribution >= 4 is 18.0 Å². The van der Waals surface area contributed by atoms with Crippen LogP contribution in [0.15, 0.2) is 54.6 Å². The number of hydrogen-bond donors (Lipinski definition) is 0. The number of nitrogens with zero attached hydrogens (tertiary/aromatic N) is 1. The molecule has 1 aliphatic heterocycles. The standard InChI is InChI=1S/C32H39NO6/c1-29(2,3)27-33(28(36)37-17-21-10-8-7-9-11-21)24(26(35)38-27)16-31-18-32(19-31,20-31)23-14-12-22(13-15-23)25(34)39-30(4,5)6/h7-15,24,27H,16-20H2,1-6H3/t24-,27-,31?,32?/m0/s1. The summed E-state index contributed by atoms with van der Waals surface area (Å²) in [7, 11) is 0. The first kappa shape index (κ1) is 27.2. The lowest BCUT2D eigenvalue weighted by Crippen LogP contribution is -2.66. The van der Waals surface area contributed by atoms with E-state index < -0.39 is 29.4 Å². The van der Waals surface area contributed by atoms with E-state index in [1.165, 1.54) is 10.5 Å². The van der Waals surface area contributed by atoms with Crippen molar-refractivity contribution in [3.05, 3.63) is 71.3 Å². The first-order valence-electron chi connectivity index (χ1n) is 13.7. The summed E-state index contributed by atoms with van der Waals surface area (Å²) in [5.74, 6) is -0.678. The maximum Gasteiger partial charge on any atom is 0.413 e. The number of ether oxygens (including phenoxy) is 3. The summed E-state index contributed by atoms with van der Waals surface area (Å²) >= 11 is 0. The van der Waals surface area contributed by atoms with Gasteiger partial charge in [0.05, 0.1) is 5.56 Å². The zero-order valence-electron chi connectivity index (χ0n) is 23.8. The van der Waals surface area contributed by atoms with Crippen LogP contribution < -0.4 is 0 Å². The maximum absolute atomic E-state index is 13.3. The predicted molar refractivity (Wildman–Crippen MR) is 146 cm³/mol. The topological polar surface area (TPSA) is 82.1 Å². The molecule has 39 heavy (non-hydrogen) atoms. The smallest absolute Gasteiger partial charge is 0.413 e. The van der Waals surface area contributed by atoms with Crippen LogP contribution in [-0.4, -0.2) is 40.8 Å². The predicted octanol–water partition coefficient (Wildman–Crippen LogP) is 6.39. The molecule has 7 nitrogen and oxygen atoms in total. The number of carbonyl (C=O) groups is 3. The van der Waals surface area contributed by atoms with E-state index in [2.05, 4.69) is 0 Å². The molecule has 0 unspecified atom stereocenters. The SMILES string of the molecule is CC(C)(C)OC(=O)c1ccc(C23CC(C[C@H]4C(=O)O[C@@H](C(C)(C)C)N4C(=O)OCc4ccccc4)(C2)C3)cc1. The Kier molecular flexibility index (Phi) is 6.55. The van der Waals surface area contributed by atoms with Gasteiger partial charge in [-0.05, 0) is 80.5 Å². The third-order valence-corrected chi connectivity index (χ3v) is 8.14. The third-order valence-electron chi connectivity index (χ3n) is 8.14. The molecular weight excluding hydrogens is 494 g/mol. The molecule has 1 amide bonds. The second-order valence-corrected chi connectivity index (χ2v) is 13.7. The highest BCUT2D eigenvalue weighted by atomic mass is 16.6. The number of hydrogen-bond acceptors (Lipinski definition) is 6. The van der Waals surface area contributed by atoms with E-state index in [4.69, 9.17) is 14.2 Å². The summed E-state index contributed by atoms with van der Waals surface area (Å²) in [5, 5.41) is 0. The first-order chi connectivity index (χ1) is 18.2. The average molecular weight is 534 g/mol. The number of amides is 1. The molecule has 0 spiro atoms. The zero-order valence-corrected chi connectivity index (χ0v) is 23.8. The van der Waals surface area contributed by atoms with E-state index >= 15 is 0 Å². The van der Waals surface area contributed by atoms with Crippen molar-refractivity contribution in [2.75, 3.05) is 0 Å². The summed E-state index contributed by atoms with van der Waals surface area (Å²) < 4.78 is 16.9. The van der Waals surface area contributed by atoms with E-state index in [1.54, 1.807) is 0 Å². The lowest BCUT2D eigenvalue weighted by Gasteiger charge is -2.72. The van der Waals surface area contributed by atoms with Crippen LogP contribution >= 0.6 is 0 Å². The normalized spacial score (nSPS) is 27.7. The molecular formula is C32H39NO6. The molecule has 2 aromatic carbocycles. The number of rotatable bonds is 6. The Morgan fingerprint density at radius 1 is 0.949 bits per heavy atom. The molecule has 208 valence electrons. The fourth-order valence-corrected chi connectivity index (χ4v) is 6.54. The molecule has 2 aromatic rings. The fourth-order valence-electron chi connectivity index (χ4n) is 6.54.